The van der Waals surface area contributed by atoms with Crippen molar-refractivity contribution in [3.8, 4) is 0 Å². The van der Waals surface area contributed by atoms with E-state index in [4.69, 9.17) is 5.11 Å². The number of anilines is 1. The summed E-state index contributed by atoms with van der Waals surface area (Å²) in [6.07, 6.45) is 2.30. The summed E-state index contributed by atoms with van der Waals surface area (Å²) in [6.45, 7) is 2.22. The number of nitrogens with zero attached hydrogens (tertiary/aromatic N) is 2. The molecule has 1 aromatic heterocycles. The van der Waals surface area contributed by atoms with Crippen LogP contribution in [-0.4, -0.2) is 43.9 Å². The van der Waals surface area contributed by atoms with E-state index in [1.54, 1.807) is 0 Å². The Kier molecular flexibility index (Phi) is 5.12. The largest absolute Gasteiger partial charge is 0.478 e. The van der Waals surface area contributed by atoms with Crippen molar-refractivity contribution in [1.29, 1.82) is 0 Å². The number of hydrogen-bond acceptors (Lipinski definition) is 5. The first kappa shape index (κ1) is 17.9. The lowest BCUT2D eigenvalue weighted by molar-refractivity contribution is 0.0697. The molecule has 3 rings (SSSR count). The van der Waals surface area contributed by atoms with E-state index >= 15 is 0 Å². The summed E-state index contributed by atoms with van der Waals surface area (Å²) in [7, 11) is -2.20. The van der Waals surface area contributed by atoms with E-state index in [2.05, 4.69) is 4.90 Å². The second-order valence-corrected chi connectivity index (χ2v) is 9.23. The maximum atomic E-state index is 12.7. The summed E-state index contributed by atoms with van der Waals surface area (Å²) in [6, 6.07) is 9.05. The van der Waals surface area contributed by atoms with E-state index in [0.29, 0.717) is 0 Å². The molecule has 1 aromatic carbocycles. The standard InChI is InChI=1S/C17H20N2O4S2/c1-18(25(22,23)16-10-14(12-24-16)17(20)21)11-13-6-2-3-7-15(13)19-8-4-5-9-19/h2-3,6-7,10,12H,4-5,8-9,11H2,1H3,(H,20,21). The third-order valence-electron chi connectivity index (χ3n) is 4.32. The van der Waals surface area contributed by atoms with Crippen LogP contribution in [0.15, 0.2) is 39.9 Å². The molecule has 2 aromatic rings. The van der Waals surface area contributed by atoms with Crippen LogP contribution in [0.5, 0.6) is 0 Å². The molecule has 6 nitrogen and oxygen atoms in total. The summed E-state index contributed by atoms with van der Waals surface area (Å²) in [5.41, 5.74) is 2.01. The number of benzene rings is 1. The van der Waals surface area contributed by atoms with Crippen molar-refractivity contribution in [3.05, 3.63) is 46.8 Å². The van der Waals surface area contributed by atoms with Crippen LogP contribution in [0.25, 0.3) is 0 Å². The second-order valence-electron chi connectivity index (χ2n) is 6.04. The Morgan fingerprint density at radius 1 is 1.28 bits per heavy atom. The van der Waals surface area contributed by atoms with Crippen LogP contribution in [0.1, 0.15) is 28.8 Å². The van der Waals surface area contributed by atoms with Crippen LogP contribution in [0.2, 0.25) is 0 Å². The molecule has 1 aliphatic heterocycles. The van der Waals surface area contributed by atoms with Crippen LogP contribution >= 0.6 is 11.3 Å². The van der Waals surface area contributed by atoms with Gasteiger partial charge in [-0.1, -0.05) is 18.2 Å². The van der Waals surface area contributed by atoms with E-state index in [1.165, 1.54) is 22.8 Å². The number of para-hydroxylation sites is 1. The lowest BCUT2D eigenvalue weighted by Crippen LogP contribution is -2.27. The highest BCUT2D eigenvalue weighted by Crippen LogP contribution is 2.28. The van der Waals surface area contributed by atoms with Gasteiger partial charge in [0.05, 0.1) is 5.56 Å². The van der Waals surface area contributed by atoms with Crippen molar-refractivity contribution < 1.29 is 18.3 Å². The van der Waals surface area contributed by atoms with Gasteiger partial charge >= 0.3 is 5.97 Å². The Bertz CT molecular complexity index is 870. The van der Waals surface area contributed by atoms with Gasteiger partial charge in [0.25, 0.3) is 10.0 Å². The summed E-state index contributed by atoms with van der Waals surface area (Å²) >= 11 is 0.932. The van der Waals surface area contributed by atoms with Crippen LogP contribution < -0.4 is 4.90 Å². The molecule has 0 bridgehead atoms. The Labute approximate surface area is 151 Å². The molecule has 134 valence electrons. The molecule has 0 aliphatic carbocycles. The quantitative estimate of drug-likeness (QED) is 0.834. The zero-order chi connectivity index (χ0) is 18.0. The molecule has 1 saturated heterocycles. The minimum atomic E-state index is -3.72. The van der Waals surface area contributed by atoms with Gasteiger partial charge in [-0.3, -0.25) is 0 Å². The fraction of sp³-hybridized carbons (Fsp3) is 0.353. The topological polar surface area (TPSA) is 77.9 Å². The predicted molar refractivity (Wildman–Crippen MR) is 97.8 cm³/mol. The molecule has 8 heteroatoms. The molecule has 0 radical (unpaired) electrons. The molecule has 25 heavy (non-hydrogen) atoms. The van der Waals surface area contributed by atoms with Gasteiger partial charge in [0, 0.05) is 37.7 Å². The highest BCUT2D eigenvalue weighted by atomic mass is 32.2. The van der Waals surface area contributed by atoms with Crippen LogP contribution in [0.4, 0.5) is 5.69 Å². The maximum Gasteiger partial charge on any atom is 0.336 e. The lowest BCUT2D eigenvalue weighted by Gasteiger charge is -2.24. The summed E-state index contributed by atoms with van der Waals surface area (Å²) < 4.78 is 26.8. The normalized spacial score (nSPS) is 15.0. The molecule has 0 amide bonds. The SMILES string of the molecule is CN(Cc1ccccc1N1CCCC1)S(=O)(=O)c1cc(C(=O)O)cs1. The van der Waals surface area contributed by atoms with E-state index in [-0.39, 0.29) is 16.3 Å². The first-order valence-corrected chi connectivity index (χ1v) is 10.3. The van der Waals surface area contributed by atoms with Crippen LogP contribution in [-0.2, 0) is 16.6 Å². The van der Waals surface area contributed by atoms with Gasteiger partial charge < -0.3 is 10.0 Å². The molecular weight excluding hydrogens is 360 g/mol. The number of carboxylic acid groups (broad SMARTS) is 1. The average molecular weight is 380 g/mol. The van der Waals surface area contributed by atoms with E-state index in [1.807, 2.05) is 24.3 Å². The van der Waals surface area contributed by atoms with Crippen molar-refractivity contribution in [2.24, 2.45) is 0 Å². The Balaban J connectivity index is 1.84. The Hall–Kier alpha value is -1.90. The predicted octanol–water partition coefficient (Wildman–Crippen LogP) is 2.87. The van der Waals surface area contributed by atoms with Crippen molar-refractivity contribution >= 4 is 33.0 Å². The lowest BCUT2D eigenvalue weighted by atomic mass is 10.1. The van der Waals surface area contributed by atoms with E-state index < -0.39 is 16.0 Å². The smallest absolute Gasteiger partial charge is 0.336 e. The number of aromatic carboxylic acids is 1. The molecular formula is C17H20N2O4S2. The number of carboxylic acids is 1. The van der Waals surface area contributed by atoms with Crippen LogP contribution in [0, 0.1) is 0 Å². The maximum absolute atomic E-state index is 12.7. The number of hydrogen-bond donors (Lipinski definition) is 1. The third kappa shape index (κ3) is 3.70. The highest BCUT2D eigenvalue weighted by molar-refractivity contribution is 7.91. The van der Waals surface area contributed by atoms with Gasteiger partial charge in [0.1, 0.15) is 4.21 Å². The highest BCUT2D eigenvalue weighted by Gasteiger charge is 2.25. The minimum Gasteiger partial charge on any atom is -0.478 e. The van der Waals surface area contributed by atoms with E-state index in [9.17, 15) is 13.2 Å². The van der Waals surface area contributed by atoms with Gasteiger partial charge in [-0.15, -0.1) is 11.3 Å². The number of thiophene rings is 1. The molecule has 0 atom stereocenters. The van der Waals surface area contributed by atoms with Gasteiger partial charge in [-0.05, 0) is 30.5 Å². The van der Waals surface area contributed by atoms with Crippen LogP contribution in [0.3, 0.4) is 0 Å². The zero-order valence-electron chi connectivity index (χ0n) is 13.9. The summed E-state index contributed by atoms with van der Waals surface area (Å²) in [4.78, 5) is 13.3. The molecule has 0 unspecified atom stereocenters. The first-order valence-electron chi connectivity index (χ1n) is 8.00. The fourth-order valence-corrected chi connectivity index (χ4v) is 5.47. The molecule has 1 fully saturated rings. The zero-order valence-corrected chi connectivity index (χ0v) is 15.5. The first-order chi connectivity index (χ1) is 11.9. The monoisotopic (exact) mass is 380 g/mol. The number of carbonyl (C=O) groups is 1. The Morgan fingerprint density at radius 3 is 2.60 bits per heavy atom. The molecule has 0 saturated carbocycles. The van der Waals surface area contributed by atoms with Crippen molar-refractivity contribution in [3.63, 3.8) is 0 Å². The van der Waals surface area contributed by atoms with Crippen molar-refractivity contribution in [2.75, 3.05) is 25.0 Å². The number of rotatable bonds is 6. The van der Waals surface area contributed by atoms with Crippen molar-refractivity contribution in [2.45, 2.75) is 23.6 Å². The van der Waals surface area contributed by atoms with Gasteiger partial charge in [0.15, 0.2) is 0 Å². The van der Waals surface area contributed by atoms with E-state index in [0.717, 1.165) is 48.5 Å². The molecule has 2 heterocycles. The van der Waals surface area contributed by atoms with Gasteiger partial charge in [-0.2, -0.15) is 4.31 Å². The number of sulfonamides is 1. The van der Waals surface area contributed by atoms with Gasteiger partial charge in [0.2, 0.25) is 0 Å². The second kappa shape index (κ2) is 7.15. The summed E-state index contributed by atoms with van der Waals surface area (Å²) in [5, 5.41) is 10.3. The van der Waals surface area contributed by atoms with Gasteiger partial charge in [-0.25, -0.2) is 13.2 Å². The minimum absolute atomic E-state index is 0.00515. The average Bonchev–Trinajstić information content (AvgIpc) is 3.27. The van der Waals surface area contributed by atoms with Crippen molar-refractivity contribution in [1.82, 2.24) is 4.31 Å². The molecule has 0 spiro atoms. The summed E-state index contributed by atoms with van der Waals surface area (Å²) in [5.74, 6) is -1.13. The third-order valence-corrected chi connectivity index (χ3v) is 7.54. The fourth-order valence-electron chi connectivity index (χ4n) is 2.95. The molecule has 1 N–H and O–H groups in total. The molecule has 1 aliphatic rings. The Morgan fingerprint density at radius 2 is 1.96 bits per heavy atom.